The van der Waals surface area contributed by atoms with Gasteiger partial charge in [-0.2, -0.15) is 0 Å². The lowest BCUT2D eigenvalue weighted by molar-refractivity contribution is -0.304. The Labute approximate surface area is 214 Å². The van der Waals surface area contributed by atoms with Gasteiger partial charge in [0.05, 0.1) is 25.4 Å². The molecule has 2 amide bonds. The Kier molecular flexibility index (Phi) is 9.35. The molecule has 1 fully saturated rings. The Morgan fingerprint density at radius 1 is 1.05 bits per heavy atom. The number of hydrogen-bond donors (Lipinski definition) is 5. The second kappa shape index (κ2) is 12.3. The first-order valence-corrected chi connectivity index (χ1v) is 11.7. The molecule has 11 nitrogen and oxygen atoms in total. The minimum Gasteiger partial charge on any atom is -0.465 e. The van der Waals surface area contributed by atoms with E-state index in [2.05, 4.69) is 10.6 Å². The Morgan fingerprint density at radius 2 is 1.68 bits per heavy atom. The third-order valence-electron chi connectivity index (χ3n) is 6.23. The number of carbonyl (C=O) groups excluding carboxylic acids is 3. The molecular formula is C26H32N2O9. The molecule has 2 aromatic rings. The average molecular weight is 517 g/mol. The summed E-state index contributed by atoms with van der Waals surface area (Å²) in [6, 6.07) is 15.3. The van der Waals surface area contributed by atoms with E-state index in [9.17, 15) is 29.7 Å². The summed E-state index contributed by atoms with van der Waals surface area (Å²) >= 11 is 0. The van der Waals surface area contributed by atoms with Crippen LogP contribution in [0.15, 0.2) is 54.6 Å². The molecule has 1 aliphatic heterocycles. The van der Waals surface area contributed by atoms with Crippen LogP contribution in [0, 0.1) is 0 Å². The number of carbonyl (C=O) groups is 3. The molecule has 0 radical (unpaired) electrons. The quantitative estimate of drug-likeness (QED) is 0.288. The fraction of sp³-hybridized carbons (Fsp3) is 0.423. The standard InChI is InChI=1S/C26H32N2O9/c1-15(29)28-21-19(30)13-26(36-3,25(34)35-2)37-23(21)22(32)20(31)14-27-24(33)18-11-9-17(10-12-18)16-7-5-4-6-8-16/h4-12,19-23,30-32H,13-14H2,1-3H3,(H,27,33)(H,28,29)/t19-,20-,21-,22-,23?,26-/m1/s1. The molecule has 1 aliphatic rings. The SMILES string of the molecule is COC(=O)[C@@]1(OC)C[C@@H](O)[C@@H](NC(C)=O)C([C@H](O)[C@H](O)CNC(=O)c2ccc(-c3ccccc3)cc2)O1. The Balaban J connectivity index is 1.70. The maximum Gasteiger partial charge on any atom is 0.366 e. The summed E-state index contributed by atoms with van der Waals surface area (Å²) in [7, 11) is 2.26. The zero-order chi connectivity index (χ0) is 27.2. The first kappa shape index (κ1) is 28.2. The maximum absolute atomic E-state index is 12.6. The van der Waals surface area contributed by atoms with Gasteiger partial charge in [0.1, 0.15) is 12.2 Å². The van der Waals surface area contributed by atoms with Crippen molar-refractivity contribution in [2.24, 2.45) is 0 Å². The van der Waals surface area contributed by atoms with Crippen LogP contribution < -0.4 is 10.6 Å². The minimum absolute atomic E-state index is 0.339. The maximum atomic E-state index is 12.6. The van der Waals surface area contributed by atoms with Crippen molar-refractivity contribution in [3.63, 3.8) is 0 Å². The highest BCUT2D eigenvalue weighted by atomic mass is 16.7. The fourth-order valence-electron chi connectivity index (χ4n) is 4.24. The van der Waals surface area contributed by atoms with Gasteiger partial charge in [0, 0.05) is 32.6 Å². The summed E-state index contributed by atoms with van der Waals surface area (Å²) in [5, 5.41) is 37.2. The Bertz CT molecular complexity index is 1080. The summed E-state index contributed by atoms with van der Waals surface area (Å²) in [5.41, 5.74) is 2.26. The molecule has 1 saturated heterocycles. The molecule has 3 rings (SSSR count). The molecule has 11 heteroatoms. The molecule has 0 bridgehead atoms. The lowest BCUT2D eigenvalue weighted by Crippen LogP contribution is -2.68. The normalized spacial score (nSPS) is 25.0. The topological polar surface area (TPSA) is 164 Å². The number of amides is 2. The van der Waals surface area contributed by atoms with Crippen molar-refractivity contribution in [1.29, 1.82) is 0 Å². The fourth-order valence-corrected chi connectivity index (χ4v) is 4.24. The number of benzene rings is 2. The van der Waals surface area contributed by atoms with E-state index in [1.807, 2.05) is 30.3 Å². The molecule has 200 valence electrons. The number of aliphatic hydroxyl groups is 3. The lowest BCUT2D eigenvalue weighted by Gasteiger charge is -2.46. The molecule has 5 N–H and O–H groups in total. The number of nitrogens with one attached hydrogen (secondary N) is 2. The van der Waals surface area contributed by atoms with E-state index < -0.39 is 60.4 Å². The van der Waals surface area contributed by atoms with Crippen molar-refractivity contribution in [3.05, 3.63) is 60.2 Å². The Hall–Kier alpha value is -3.35. The van der Waals surface area contributed by atoms with Crippen LogP contribution in [0.25, 0.3) is 11.1 Å². The number of aliphatic hydroxyl groups excluding tert-OH is 3. The van der Waals surface area contributed by atoms with Gasteiger partial charge >= 0.3 is 5.97 Å². The first-order valence-electron chi connectivity index (χ1n) is 11.7. The average Bonchev–Trinajstić information content (AvgIpc) is 2.92. The molecule has 0 spiro atoms. The third kappa shape index (κ3) is 6.51. The predicted octanol–water partition coefficient (Wildman–Crippen LogP) is -0.0246. The molecule has 1 heterocycles. The van der Waals surface area contributed by atoms with Crippen molar-refractivity contribution in [3.8, 4) is 11.1 Å². The predicted molar refractivity (Wildman–Crippen MR) is 131 cm³/mol. The van der Waals surface area contributed by atoms with Gasteiger partial charge in [-0.1, -0.05) is 42.5 Å². The van der Waals surface area contributed by atoms with Crippen molar-refractivity contribution < 1.29 is 43.9 Å². The number of methoxy groups -OCH3 is 2. The smallest absolute Gasteiger partial charge is 0.366 e. The monoisotopic (exact) mass is 516 g/mol. The van der Waals surface area contributed by atoms with E-state index in [0.29, 0.717) is 5.56 Å². The molecular weight excluding hydrogens is 484 g/mol. The van der Waals surface area contributed by atoms with Gasteiger partial charge in [0.2, 0.25) is 5.91 Å². The van der Waals surface area contributed by atoms with Crippen LogP contribution in [-0.4, -0.2) is 90.1 Å². The van der Waals surface area contributed by atoms with Crippen LogP contribution in [-0.2, 0) is 23.8 Å². The summed E-state index contributed by atoms with van der Waals surface area (Å²) in [6.07, 6.45) is -6.60. The van der Waals surface area contributed by atoms with Crippen LogP contribution in [0.2, 0.25) is 0 Å². The highest BCUT2D eigenvalue weighted by molar-refractivity contribution is 5.94. The van der Waals surface area contributed by atoms with Gasteiger partial charge in [-0.3, -0.25) is 9.59 Å². The number of esters is 1. The summed E-state index contributed by atoms with van der Waals surface area (Å²) in [5.74, 6) is -4.06. The molecule has 6 atom stereocenters. The van der Waals surface area contributed by atoms with E-state index in [0.717, 1.165) is 25.3 Å². The lowest BCUT2D eigenvalue weighted by atomic mass is 9.88. The zero-order valence-corrected chi connectivity index (χ0v) is 20.8. The van der Waals surface area contributed by atoms with Crippen molar-refractivity contribution in [2.45, 2.75) is 49.6 Å². The van der Waals surface area contributed by atoms with E-state index in [1.54, 1.807) is 24.3 Å². The highest BCUT2D eigenvalue weighted by Gasteiger charge is 2.55. The minimum atomic E-state index is -2.07. The van der Waals surface area contributed by atoms with Gasteiger partial charge in [-0.25, -0.2) is 4.79 Å². The summed E-state index contributed by atoms with van der Waals surface area (Å²) < 4.78 is 15.6. The van der Waals surface area contributed by atoms with Crippen LogP contribution in [0.1, 0.15) is 23.7 Å². The number of ether oxygens (including phenoxy) is 3. The second-order valence-corrected chi connectivity index (χ2v) is 8.74. The highest BCUT2D eigenvalue weighted by Crippen LogP contribution is 2.33. The Morgan fingerprint density at radius 3 is 2.24 bits per heavy atom. The zero-order valence-electron chi connectivity index (χ0n) is 20.8. The van der Waals surface area contributed by atoms with E-state index in [1.165, 1.54) is 6.92 Å². The third-order valence-corrected chi connectivity index (χ3v) is 6.23. The first-order chi connectivity index (χ1) is 17.6. The van der Waals surface area contributed by atoms with Crippen molar-refractivity contribution >= 4 is 17.8 Å². The van der Waals surface area contributed by atoms with Gasteiger partial charge in [-0.15, -0.1) is 0 Å². The molecule has 1 unspecified atom stereocenters. The van der Waals surface area contributed by atoms with Gasteiger partial charge in [0.25, 0.3) is 11.7 Å². The van der Waals surface area contributed by atoms with Gasteiger partial charge < -0.3 is 40.2 Å². The van der Waals surface area contributed by atoms with E-state index >= 15 is 0 Å². The van der Waals surface area contributed by atoms with Crippen LogP contribution in [0.5, 0.6) is 0 Å². The number of hydrogen-bond acceptors (Lipinski definition) is 9. The molecule has 0 saturated carbocycles. The van der Waals surface area contributed by atoms with E-state index in [-0.39, 0.29) is 6.54 Å². The summed E-state index contributed by atoms with van der Waals surface area (Å²) in [6.45, 7) is 0.815. The second-order valence-electron chi connectivity index (χ2n) is 8.74. The van der Waals surface area contributed by atoms with Crippen molar-refractivity contribution in [1.82, 2.24) is 10.6 Å². The number of rotatable bonds is 9. The van der Waals surface area contributed by atoms with Gasteiger partial charge in [0.15, 0.2) is 0 Å². The van der Waals surface area contributed by atoms with Crippen LogP contribution in [0.4, 0.5) is 0 Å². The van der Waals surface area contributed by atoms with E-state index in [4.69, 9.17) is 14.2 Å². The largest absolute Gasteiger partial charge is 0.465 e. The molecule has 0 aliphatic carbocycles. The summed E-state index contributed by atoms with van der Waals surface area (Å²) in [4.78, 5) is 36.7. The van der Waals surface area contributed by atoms with Crippen molar-refractivity contribution in [2.75, 3.05) is 20.8 Å². The van der Waals surface area contributed by atoms with Gasteiger partial charge in [-0.05, 0) is 23.3 Å². The van der Waals surface area contributed by atoms with Crippen LogP contribution >= 0.6 is 0 Å². The molecule has 0 aromatic heterocycles. The molecule has 2 aromatic carbocycles. The van der Waals surface area contributed by atoms with Crippen LogP contribution in [0.3, 0.4) is 0 Å². The molecule has 37 heavy (non-hydrogen) atoms.